The van der Waals surface area contributed by atoms with Gasteiger partial charge in [0.15, 0.2) is 5.79 Å². The fourth-order valence-corrected chi connectivity index (χ4v) is 3.44. The van der Waals surface area contributed by atoms with E-state index in [0.29, 0.717) is 13.2 Å². The number of thioether (sulfide) groups is 1. The van der Waals surface area contributed by atoms with Crippen LogP contribution in [0.4, 0.5) is 0 Å². The van der Waals surface area contributed by atoms with Crippen molar-refractivity contribution in [3.63, 3.8) is 0 Å². The van der Waals surface area contributed by atoms with Gasteiger partial charge >= 0.3 is 0 Å². The van der Waals surface area contributed by atoms with E-state index >= 15 is 0 Å². The van der Waals surface area contributed by atoms with Crippen LogP contribution in [0, 0.1) is 0 Å². The summed E-state index contributed by atoms with van der Waals surface area (Å²) < 4.78 is 11.9. The zero-order chi connectivity index (χ0) is 11.0. The molecule has 2 aliphatic rings. The molecule has 2 atom stereocenters. The molecule has 2 N–H and O–H groups in total. The van der Waals surface area contributed by atoms with E-state index in [2.05, 4.69) is 18.2 Å². The van der Waals surface area contributed by atoms with E-state index < -0.39 is 5.79 Å². The molecule has 3 nitrogen and oxygen atoms in total. The molecule has 0 aromatic heterocycles. The second-order valence-corrected chi connectivity index (χ2v) is 5.27. The Morgan fingerprint density at radius 3 is 3.12 bits per heavy atom. The summed E-state index contributed by atoms with van der Waals surface area (Å²) in [6, 6.07) is 8.32. The van der Waals surface area contributed by atoms with Gasteiger partial charge in [-0.05, 0) is 6.07 Å². The molecule has 3 rings (SSSR count). The Balaban J connectivity index is 1.98. The first-order chi connectivity index (χ1) is 7.84. The lowest BCUT2D eigenvalue weighted by atomic mass is 10.0. The van der Waals surface area contributed by atoms with Gasteiger partial charge in [-0.1, -0.05) is 18.2 Å². The summed E-state index contributed by atoms with van der Waals surface area (Å²) in [5, 5.41) is 0. The summed E-state index contributed by atoms with van der Waals surface area (Å²) in [6.45, 7) is 1.13. The molecule has 0 saturated carbocycles. The summed E-state index contributed by atoms with van der Waals surface area (Å²) in [5.74, 6) is 0.514. The summed E-state index contributed by atoms with van der Waals surface area (Å²) in [6.07, 6.45) is 0.946. The van der Waals surface area contributed by atoms with Gasteiger partial charge in [-0.3, -0.25) is 0 Å². The highest BCUT2D eigenvalue weighted by Gasteiger charge is 2.45. The van der Waals surface area contributed by atoms with Gasteiger partial charge in [0.1, 0.15) is 0 Å². The Morgan fingerprint density at radius 2 is 2.31 bits per heavy atom. The van der Waals surface area contributed by atoms with E-state index in [-0.39, 0.29) is 6.10 Å². The zero-order valence-corrected chi connectivity index (χ0v) is 9.83. The molecule has 0 radical (unpaired) electrons. The Morgan fingerprint density at radius 1 is 1.44 bits per heavy atom. The lowest BCUT2D eigenvalue weighted by molar-refractivity contribution is -0.179. The molecule has 1 aromatic rings. The van der Waals surface area contributed by atoms with Crippen LogP contribution in [0.15, 0.2) is 29.2 Å². The first-order valence-electron chi connectivity index (χ1n) is 5.58. The minimum Gasteiger partial charge on any atom is -0.343 e. The van der Waals surface area contributed by atoms with Crippen molar-refractivity contribution in [1.82, 2.24) is 0 Å². The Kier molecular flexibility index (Phi) is 2.67. The topological polar surface area (TPSA) is 44.5 Å². The summed E-state index contributed by atoms with van der Waals surface area (Å²) >= 11 is 1.87. The van der Waals surface area contributed by atoms with E-state index in [1.807, 2.05) is 17.8 Å². The molecule has 0 amide bonds. The second-order valence-electron chi connectivity index (χ2n) is 4.13. The molecular formula is C12H15NO2S. The number of hydrogen-bond acceptors (Lipinski definition) is 4. The number of nitrogens with two attached hydrogens (primary N) is 1. The van der Waals surface area contributed by atoms with E-state index in [1.165, 1.54) is 10.5 Å². The summed E-state index contributed by atoms with van der Waals surface area (Å²) in [7, 11) is 0. The molecule has 2 heterocycles. The fraction of sp³-hybridized carbons (Fsp3) is 0.500. The zero-order valence-electron chi connectivity index (χ0n) is 9.02. The summed E-state index contributed by atoms with van der Waals surface area (Å²) in [4.78, 5) is 1.27. The molecule has 1 spiro atoms. The van der Waals surface area contributed by atoms with Crippen molar-refractivity contribution in [3.05, 3.63) is 29.8 Å². The van der Waals surface area contributed by atoms with Crippen LogP contribution in [-0.2, 0) is 15.3 Å². The van der Waals surface area contributed by atoms with Gasteiger partial charge in [-0.15, -0.1) is 11.8 Å². The van der Waals surface area contributed by atoms with Gasteiger partial charge in [-0.25, -0.2) is 0 Å². The Hall–Kier alpha value is -0.550. The van der Waals surface area contributed by atoms with Gasteiger partial charge in [0, 0.05) is 29.2 Å². The molecule has 16 heavy (non-hydrogen) atoms. The van der Waals surface area contributed by atoms with Crippen LogP contribution >= 0.6 is 11.8 Å². The predicted octanol–water partition coefficient (Wildman–Crippen LogP) is 1.71. The number of ether oxygens (including phenoxy) is 2. The van der Waals surface area contributed by atoms with E-state index in [9.17, 15) is 0 Å². The molecule has 0 aliphatic carbocycles. The molecule has 4 heteroatoms. The average Bonchev–Trinajstić information content (AvgIpc) is 2.74. The lowest BCUT2D eigenvalue weighted by Crippen LogP contribution is -2.33. The predicted molar refractivity (Wildman–Crippen MR) is 63.3 cm³/mol. The number of hydrogen-bond donors (Lipinski definition) is 1. The van der Waals surface area contributed by atoms with E-state index in [0.717, 1.165) is 12.2 Å². The normalized spacial score (nSPS) is 32.9. The monoisotopic (exact) mass is 237 g/mol. The van der Waals surface area contributed by atoms with Crippen molar-refractivity contribution in [2.24, 2.45) is 5.73 Å². The van der Waals surface area contributed by atoms with Crippen molar-refractivity contribution in [2.75, 3.05) is 18.9 Å². The molecule has 1 aromatic carbocycles. The van der Waals surface area contributed by atoms with Crippen molar-refractivity contribution >= 4 is 11.8 Å². The van der Waals surface area contributed by atoms with Gasteiger partial charge in [0.2, 0.25) is 0 Å². The van der Waals surface area contributed by atoms with Crippen molar-refractivity contribution in [1.29, 1.82) is 0 Å². The quantitative estimate of drug-likeness (QED) is 0.807. The molecule has 0 bridgehead atoms. The second kappa shape index (κ2) is 4.04. The van der Waals surface area contributed by atoms with Crippen LogP contribution in [0.5, 0.6) is 0 Å². The molecule has 86 valence electrons. The van der Waals surface area contributed by atoms with Crippen LogP contribution in [0.1, 0.15) is 12.0 Å². The van der Waals surface area contributed by atoms with Gasteiger partial charge < -0.3 is 15.2 Å². The molecule has 1 saturated heterocycles. The van der Waals surface area contributed by atoms with Gasteiger partial charge in [0.25, 0.3) is 0 Å². The molecule has 2 unspecified atom stereocenters. The van der Waals surface area contributed by atoms with Gasteiger partial charge in [-0.2, -0.15) is 0 Å². The van der Waals surface area contributed by atoms with Crippen LogP contribution in [0.3, 0.4) is 0 Å². The number of fused-ring (bicyclic) bond motifs is 2. The average molecular weight is 237 g/mol. The van der Waals surface area contributed by atoms with E-state index in [1.54, 1.807) is 0 Å². The van der Waals surface area contributed by atoms with Crippen molar-refractivity contribution in [2.45, 2.75) is 23.2 Å². The minimum absolute atomic E-state index is 0.0381. The highest BCUT2D eigenvalue weighted by molar-refractivity contribution is 7.99. The Labute approximate surface area is 99.3 Å². The molecular weight excluding hydrogens is 222 g/mol. The first kappa shape index (κ1) is 10.6. The van der Waals surface area contributed by atoms with Crippen LogP contribution in [-0.4, -0.2) is 25.0 Å². The van der Waals surface area contributed by atoms with Crippen LogP contribution in [0.25, 0.3) is 0 Å². The third-order valence-electron chi connectivity index (χ3n) is 3.11. The molecule has 2 aliphatic heterocycles. The number of benzene rings is 1. The van der Waals surface area contributed by atoms with Crippen LogP contribution in [0.2, 0.25) is 0 Å². The van der Waals surface area contributed by atoms with Crippen molar-refractivity contribution < 1.29 is 9.47 Å². The maximum atomic E-state index is 6.00. The largest absolute Gasteiger partial charge is 0.343 e. The maximum Gasteiger partial charge on any atom is 0.197 e. The third kappa shape index (κ3) is 1.57. The first-order valence-corrected chi connectivity index (χ1v) is 6.57. The highest BCUT2D eigenvalue weighted by atomic mass is 32.2. The highest BCUT2D eigenvalue weighted by Crippen LogP contribution is 2.46. The SMILES string of the molecule is NCC1COC2(CCSc3ccccc32)O1. The van der Waals surface area contributed by atoms with Gasteiger partial charge in [0.05, 0.1) is 12.7 Å². The maximum absolute atomic E-state index is 6.00. The third-order valence-corrected chi connectivity index (χ3v) is 4.18. The van der Waals surface area contributed by atoms with E-state index in [4.69, 9.17) is 15.2 Å². The Bertz CT molecular complexity index is 398. The standard InChI is InChI=1S/C12H15NO2S/c13-7-9-8-14-12(15-9)5-6-16-11-4-2-1-3-10(11)12/h1-4,9H,5-8,13H2. The smallest absolute Gasteiger partial charge is 0.197 e. The van der Waals surface area contributed by atoms with Crippen molar-refractivity contribution in [3.8, 4) is 0 Å². The number of rotatable bonds is 1. The molecule has 1 fully saturated rings. The van der Waals surface area contributed by atoms with Crippen LogP contribution < -0.4 is 5.73 Å². The minimum atomic E-state index is -0.522. The fourth-order valence-electron chi connectivity index (χ4n) is 2.29. The lowest BCUT2D eigenvalue weighted by Gasteiger charge is -2.33. The summed E-state index contributed by atoms with van der Waals surface area (Å²) in [5.41, 5.74) is 6.80.